The zero-order chi connectivity index (χ0) is 21.9. The molecule has 0 N–H and O–H groups in total. The quantitative estimate of drug-likeness (QED) is 0.405. The number of rotatable bonds is 5. The zero-order valence-electron chi connectivity index (χ0n) is 14.9. The molecule has 0 amide bonds. The van der Waals surface area contributed by atoms with E-state index in [-0.39, 0.29) is 28.1 Å². The lowest BCUT2D eigenvalue weighted by Crippen LogP contribution is -2.14. The van der Waals surface area contributed by atoms with Crippen LogP contribution in [0.2, 0.25) is 0 Å². The normalized spacial score (nSPS) is 12.8. The van der Waals surface area contributed by atoms with E-state index in [4.69, 9.17) is 0 Å². The molecular weight excluding hydrogens is 432 g/mol. The first-order chi connectivity index (χ1) is 14.0. The molecule has 3 aromatic rings. The van der Waals surface area contributed by atoms with Gasteiger partial charge in [0.1, 0.15) is 23.0 Å². The monoisotopic (exact) mass is 443 g/mol. The predicted octanol–water partition coefficient (Wildman–Crippen LogP) is 5.13. The van der Waals surface area contributed by atoms with Gasteiger partial charge in [-0.25, -0.2) is 14.6 Å². The second-order valence-electron chi connectivity index (χ2n) is 6.16. The molecule has 0 aliphatic heterocycles. The molecule has 156 valence electrons. The van der Waals surface area contributed by atoms with E-state index in [0.29, 0.717) is 5.01 Å². The largest absolute Gasteiger partial charge is 0.393 e. The maximum Gasteiger partial charge on any atom is 0.393 e. The Labute approximate surface area is 169 Å². The summed E-state index contributed by atoms with van der Waals surface area (Å²) in [6, 6.07) is 5.01. The van der Waals surface area contributed by atoms with Gasteiger partial charge in [0.15, 0.2) is 5.82 Å². The summed E-state index contributed by atoms with van der Waals surface area (Å²) in [5.41, 5.74) is -0.473. The van der Waals surface area contributed by atoms with Gasteiger partial charge in [0, 0.05) is 17.1 Å². The molecule has 2 heterocycles. The van der Waals surface area contributed by atoms with E-state index < -0.39 is 25.2 Å². The molecular formula is C18H11F6N5S. The number of halogens is 6. The minimum absolute atomic E-state index is 0.0101. The van der Waals surface area contributed by atoms with Crippen molar-refractivity contribution in [2.24, 2.45) is 0 Å². The summed E-state index contributed by atoms with van der Waals surface area (Å²) in [6.45, 7) is 0. The Morgan fingerprint density at radius 3 is 2.17 bits per heavy atom. The Morgan fingerprint density at radius 1 is 1.03 bits per heavy atom. The first-order valence-corrected chi connectivity index (χ1v) is 9.10. The van der Waals surface area contributed by atoms with Crippen molar-refractivity contribution in [3.05, 3.63) is 52.2 Å². The summed E-state index contributed by atoms with van der Waals surface area (Å²) in [4.78, 5) is 7.94. The number of hydrogen-bond donors (Lipinski definition) is 0. The van der Waals surface area contributed by atoms with E-state index in [2.05, 4.69) is 15.1 Å². The van der Waals surface area contributed by atoms with E-state index in [1.165, 1.54) is 30.1 Å². The minimum atomic E-state index is -4.58. The molecule has 30 heavy (non-hydrogen) atoms. The third-order valence-electron chi connectivity index (χ3n) is 3.67. The van der Waals surface area contributed by atoms with Crippen LogP contribution in [0, 0.1) is 11.3 Å². The molecule has 1 aromatic carbocycles. The van der Waals surface area contributed by atoms with Crippen molar-refractivity contribution in [1.82, 2.24) is 19.7 Å². The molecule has 5 nitrogen and oxygen atoms in total. The van der Waals surface area contributed by atoms with Gasteiger partial charge in [-0.05, 0) is 23.3 Å². The first kappa shape index (κ1) is 21.5. The van der Waals surface area contributed by atoms with Crippen molar-refractivity contribution < 1.29 is 26.3 Å². The van der Waals surface area contributed by atoms with Crippen LogP contribution >= 0.6 is 11.3 Å². The summed E-state index contributed by atoms with van der Waals surface area (Å²) in [6.07, 6.45) is -7.92. The second kappa shape index (κ2) is 8.27. The van der Waals surface area contributed by atoms with Crippen LogP contribution in [0.25, 0.3) is 23.2 Å². The number of nitriles is 1. The fraction of sp³-hybridized carbons (Fsp3) is 0.222. The van der Waals surface area contributed by atoms with Gasteiger partial charge < -0.3 is 0 Å². The number of nitrogens with zero attached hydrogens (tertiary/aromatic N) is 5. The van der Waals surface area contributed by atoms with Crippen molar-refractivity contribution in [1.29, 1.82) is 5.26 Å². The highest BCUT2D eigenvalue weighted by molar-refractivity contribution is 7.10. The minimum Gasteiger partial charge on any atom is -0.244 e. The van der Waals surface area contributed by atoms with Gasteiger partial charge in [-0.15, -0.1) is 16.4 Å². The number of allylic oxidation sites excluding steroid dienone is 1. The zero-order valence-corrected chi connectivity index (χ0v) is 15.7. The number of aromatic nitrogens is 4. The van der Waals surface area contributed by atoms with Gasteiger partial charge in [-0.2, -0.15) is 31.6 Å². The van der Waals surface area contributed by atoms with E-state index in [9.17, 15) is 31.6 Å². The molecule has 0 saturated carbocycles. The summed E-state index contributed by atoms with van der Waals surface area (Å²) in [5, 5.41) is 15.4. The highest BCUT2D eigenvalue weighted by Gasteiger charge is 2.31. The fourth-order valence-corrected chi connectivity index (χ4v) is 3.25. The number of benzene rings is 1. The molecule has 0 aliphatic rings. The molecule has 0 saturated heterocycles. The molecule has 3 rings (SSSR count). The van der Waals surface area contributed by atoms with Crippen LogP contribution in [0.3, 0.4) is 0 Å². The molecule has 2 aromatic heterocycles. The third kappa shape index (κ3) is 5.90. The van der Waals surface area contributed by atoms with Crippen molar-refractivity contribution >= 4 is 23.1 Å². The van der Waals surface area contributed by atoms with Crippen LogP contribution in [0.4, 0.5) is 26.3 Å². The highest BCUT2D eigenvalue weighted by Crippen LogP contribution is 2.29. The maximum absolute atomic E-state index is 12.8. The van der Waals surface area contributed by atoms with Gasteiger partial charge in [-0.1, -0.05) is 6.07 Å². The average molecular weight is 443 g/mol. The summed E-state index contributed by atoms with van der Waals surface area (Å²) >= 11 is 1.22. The lowest BCUT2D eigenvalue weighted by atomic mass is 10.0. The molecule has 0 aliphatic carbocycles. The molecule has 0 unspecified atom stereocenters. The van der Waals surface area contributed by atoms with Crippen molar-refractivity contribution in [2.45, 2.75) is 25.2 Å². The fourth-order valence-electron chi connectivity index (χ4n) is 2.65. The lowest BCUT2D eigenvalue weighted by Gasteiger charge is -2.12. The van der Waals surface area contributed by atoms with E-state index in [1.54, 1.807) is 5.38 Å². The molecule has 0 atom stereocenters. The van der Waals surface area contributed by atoms with E-state index in [1.807, 2.05) is 6.07 Å². The van der Waals surface area contributed by atoms with Crippen LogP contribution < -0.4 is 0 Å². The second-order valence-corrected chi connectivity index (χ2v) is 7.06. The Hall–Kier alpha value is -3.20. The SMILES string of the molecule is N#CC(=Cn1cnc(-c2cc(CC(F)(F)F)cc(CC(F)(F)F)c2)n1)c1nccs1. The maximum atomic E-state index is 12.8. The smallest absolute Gasteiger partial charge is 0.244 e. The third-order valence-corrected chi connectivity index (χ3v) is 4.48. The van der Waals surface area contributed by atoms with Crippen LogP contribution in [0.15, 0.2) is 36.1 Å². The highest BCUT2D eigenvalue weighted by atomic mass is 32.1. The Bertz CT molecular complexity index is 1060. The van der Waals surface area contributed by atoms with Gasteiger partial charge in [0.05, 0.1) is 19.0 Å². The van der Waals surface area contributed by atoms with Gasteiger partial charge in [0.25, 0.3) is 0 Å². The number of thiazole rings is 1. The molecule has 0 spiro atoms. The van der Waals surface area contributed by atoms with Crippen LogP contribution in [0.1, 0.15) is 16.1 Å². The predicted molar refractivity (Wildman–Crippen MR) is 96.9 cm³/mol. The van der Waals surface area contributed by atoms with E-state index >= 15 is 0 Å². The van der Waals surface area contributed by atoms with Gasteiger partial charge in [-0.3, -0.25) is 0 Å². The summed E-state index contributed by atoms with van der Waals surface area (Å²) in [7, 11) is 0. The van der Waals surface area contributed by atoms with Crippen LogP contribution in [-0.4, -0.2) is 32.1 Å². The molecule has 0 fully saturated rings. The summed E-state index contributed by atoms with van der Waals surface area (Å²) < 4.78 is 77.7. The standard InChI is InChI=1S/C18H11F6N5S/c19-17(20,21)6-11-3-12(7-18(22,23)24)5-13(4-11)15-27-10-29(28-15)9-14(8-25)16-26-1-2-30-16/h1-5,9-10H,6-7H2. The van der Waals surface area contributed by atoms with E-state index in [0.717, 1.165) is 22.9 Å². The molecule has 12 heteroatoms. The molecule has 0 radical (unpaired) electrons. The van der Waals surface area contributed by atoms with Crippen molar-refractivity contribution in [3.8, 4) is 17.5 Å². The van der Waals surface area contributed by atoms with Crippen molar-refractivity contribution in [3.63, 3.8) is 0 Å². The van der Waals surface area contributed by atoms with Crippen LogP contribution in [0.5, 0.6) is 0 Å². The number of alkyl halides is 6. The first-order valence-electron chi connectivity index (χ1n) is 8.22. The Kier molecular flexibility index (Phi) is 5.93. The van der Waals surface area contributed by atoms with Gasteiger partial charge >= 0.3 is 12.4 Å². The summed E-state index contributed by atoms with van der Waals surface area (Å²) in [5.74, 6) is -0.0740. The topological polar surface area (TPSA) is 67.4 Å². The number of hydrogen-bond acceptors (Lipinski definition) is 5. The van der Waals surface area contributed by atoms with Crippen LogP contribution in [-0.2, 0) is 12.8 Å². The lowest BCUT2D eigenvalue weighted by molar-refractivity contribution is -0.127. The average Bonchev–Trinajstić information content (AvgIpc) is 3.28. The Morgan fingerprint density at radius 2 is 1.67 bits per heavy atom. The Balaban J connectivity index is 1.98. The molecule has 0 bridgehead atoms. The van der Waals surface area contributed by atoms with Crippen molar-refractivity contribution in [2.75, 3.05) is 0 Å². The van der Waals surface area contributed by atoms with Gasteiger partial charge in [0.2, 0.25) is 0 Å².